The lowest BCUT2D eigenvalue weighted by Gasteiger charge is -2.25. The standard InChI is InChI=1S/C20H18N2O5S/c1-25-17-6-2-5-16(10-17)22(13-15-4-3-9-21-12-15)28(23,24)18-7-8-19-20(11-18)27-14-26-19/h2-12H,13-14H2,1H3. The van der Waals surface area contributed by atoms with Gasteiger partial charge in [-0.1, -0.05) is 12.1 Å². The monoisotopic (exact) mass is 398 g/mol. The number of hydrogen-bond donors (Lipinski definition) is 0. The highest BCUT2D eigenvalue weighted by Crippen LogP contribution is 2.36. The van der Waals surface area contributed by atoms with Crippen LogP contribution in [0.25, 0.3) is 0 Å². The molecule has 0 N–H and O–H groups in total. The fourth-order valence-corrected chi connectivity index (χ4v) is 4.36. The Kier molecular flexibility index (Phi) is 4.79. The molecule has 28 heavy (non-hydrogen) atoms. The van der Waals surface area contributed by atoms with Gasteiger partial charge < -0.3 is 14.2 Å². The second-order valence-corrected chi connectivity index (χ2v) is 7.95. The lowest BCUT2D eigenvalue weighted by atomic mass is 10.2. The summed E-state index contributed by atoms with van der Waals surface area (Å²) in [6.07, 6.45) is 3.29. The number of aromatic nitrogens is 1. The quantitative estimate of drug-likeness (QED) is 0.635. The number of rotatable bonds is 6. The first kappa shape index (κ1) is 18.1. The Bertz CT molecular complexity index is 1090. The number of methoxy groups -OCH3 is 1. The van der Waals surface area contributed by atoms with Crippen LogP contribution in [0.15, 0.2) is 71.9 Å². The second kappa shape index (κ2) is 7.40. The van der Waals surface area contributed by atoms with E-state index in [9.17, 15) is 8.42 Å². The Morgan fingerprint density at radius 1 is 1.07 bits per heavy atom. The number of sulfonamides is 1. The van der Waals surface area contributed by atoms with Crippen LogP contribution < -0.4 is 18.5 Å². The van der Waals surface area contributed by atoms with Crippen molar-refractivity contribution in [3.8, 4) is 17.2 Å². The first-order valence-electron chi connectivity index (χ1n) is 8.53. The van der Waals surface area contributed by atoms with Crippen LogP contribution in [0.4, 0.5) is 5.69 Å². The van der Waals surface area contributed by atoms with Crippen LogP contribution in [-0.4, -0.2) is 27.3 Å². The molecule has 0 aliphatic carbocycles. The van der Waals surface area contributed by atoms with Crippen LogP contribution in [-0.2, 0) is 16.6 Å². The van der Waals surface area contributed by atoms with Crippen LogP contribution in [0.5, 0.6) is 17.2 Å². The van der Waals surface area contributed by atoms with Crippen molar-refractivity contribution < 1.29 is 22.6 Å². The van der Waals surface area contributed by atoms with E-state index < -0.39 is 10.0 Å². The second-order valence-electron chi connectivity index (χ2n) is 6.09. The van der Waals surface area contributed by atoms with Crippen LogP contribution in [0.2, 0.25) is 0 Å². The Morgan fingerprint density at radius 3 is 2.71 bits per heavy atom. The summed E-state index contributed by atoms with van der Waals surface area (Å²) in [7, 11) is -2.35. The number of nitrogens with zero attached hydrogens (tertiary/aromatic N) is 2. The molecule has 0 unspecified atom stereocenters. The third-order valence-corrected chi connectivity index (χ3v) is 6.09. The number of anilines is 1. The first-order valence-corrected chi connectivity index (χ1v) is 9.97. The van der Waals surface area contributed by atoms with Crippen LogP contribution >= 0.6 is 0 Å². The number of ether oxygens (including phenoxy) is 3. The van der Waals surface area contributed by atoms with Gasteiger partial charge >= 0.3 is 0 Å². The van der Waals surface area contributed by atoms with Gasteiger partial charge in [0, 0.05) is 24.5 Å². The molecule has 0 radical (unpaired) electrons. The predicted octanol–water partition coefficient (Wildman–Crippen LogP) is 3.21. The molecule has 0 atom stereocenters. The molecule has 0 spiro atoms. The van der Waals surface area contributed by atoms with E-state index in [0.29, 0.717) is 22.9 Å². The molecule has 0 fully saturated rings. The topological polar surface area (TPSA) is 78.0 Å². The molecule has 0 bridgehead atoms. The molecule has 0 saturated heterocycles. The Balaban J connectivity index is 1.79. The number of fused-ring (bicyclic) bond motifs is 1. The maximum atomic E-state index is 13.5. The van der Waals surface area contributed by atoms with E-state index in [1.54, 1.807) is 48.8 Å². The molecule has 1 aliphatic rings. The molecule has 1 aliphatic heterocycles. The average molecular weight is 398 g/mol. The van der Waals surface area contributed by atoms with Crippen molar-refractivity contribution >= 4 is 15.7 Å². The van der Waals surface area contributed by atoms with Gasteiger partial charge in [0.15, 0.2) is 11.5 Å². The number of benzene rings is 2. The molecular weight excluding hydrogens is 380 g/mol. The summed E-state index contributed by atoms with van der Waals surface area (Å²) in [4.78, 5) is 4.20. The molecule has 3 aromatic rings. The lowest BCUT2D eigenvalue weighted by molar-refractivity contribution is 0.174. The summed E-state index contributed by atoms with van der Waals surface area (Å²) in [5, 5.41) is 0. The lowest BCUT2D eigenvalue weighted by Crippen LogP contribution is -2.30. The normalized spacial score (nSPS) is 12.6. The van der Waals surface area contributed by atoms with Gasteiger partial charge in [-0.3, -0.25) is 9.29 Å². The maximum absolute atomic E-state index is 13.5. The van der Waals surface area contributed by atoms with Crippen molar-refractivity contribution in [3.63, 3.8) is 0 Å². The summed E-state index contributed by atoms with van der Waals surface area (Å²) in [6, 6.07) is 15.1. The van der Waals surface area contributed by atoms with Gasteiger partial charge in [-0.2, -0.15) is 0 Å². The summed E-state index contributed by atoms with van der Waals surface area (Å²) < 4.78 is 44.2. The Morgan fingerprint density at radius 2 is 1.93 bits per heavy atom. The molecule has 4 rings (SSSR count). The van der Waals surface area contributed by atoms with Crippen molar-refractivity contribution in [2.75, 3.05) is 18.2 Å². The predicted molar refractivity (Wildman–Crippen MR) is 103 cm³/mol. The maximum Gasteiger partial charge on any atom is 0.264 e. The van der Waals surface area contributed by atoms with Crippen molar-refractivity contribution in [2.45, 2.75) is 11.4 Å². The Hall–Kier alpha value is -3.26. The average Bonchev–Trinajstić information content (AvgIpc) is 3.20. The molecule has 7 nitrogen and oxygen atoms in total. The minimum Gasteiger partial charge on any atom is -0.497 e. The van der Waals surface area contributed by atoms with E-state index in [-0.39, 0.29) is 18.2 Å². The summed E-state index contributed by atoms with van der Waals surface area (Å²) >= 11 is 0. The van der Waals surface area contributed by atoms with Crippen molar-refractivity contribution in [1.82, 2.24) is 4.98 Å². The minimum absolute atomic E-state index is 0.0775. The van der Waals surface area contributed by atoms with Gasteiger partial charge in [0.2, 0.25) is 6.79 Å². The number of pyridine rings is 1. The SMILES string of the molecule is COc1cccc(N(Cc2cccnc2)S(=O)(=O)c2ccc3c(c2)OCO3)c1. The highest BCUT2D eigenvalue weighted by molar-refractivity contribution is 7.92. The van der Waals surface area contributed by atoms with E-state index >= 15 is 0 Å². The molecule has 2 aromatic carbocycles. The Labute approximate surface area is 163 Å². The smallest absolute Gasteiger partial charge is 0.264 e. The van der Waals surface area contributed by atoms with Crippen LogP contribution in [0.3, 0.4) is 0 Å². The highest BCUT2D eigenvalue weighted by atomic mass is 32.2. The van der Waals surface area contributed by atoms with E-state index in [4.69, 9.17) is 14.2 Å². The van der Waals surface area contributed by atoms with Crippen molar-refractivity contribution in [1.29, 1.82) is 0 Å². The zero-order valence-corrected chi connectivity index (χ0v) is 15.9. The van der Waals surface area contributed by atoms with Crippen molar-refractivity contribution in [2.24, 2.45) is 0 Å². The fraction of sp³-hybridized carbons (Fsp3) is 0.150. The third-order valence-electron chi connectivity index (χ3n) is 4.32. The van der Waals surface area contributed by atoms with Crippen LogP contribution in [0.1, 0.15) is 5.56 Å². The molecule has 1 aromatic heterocycles. The summed E-state index contributed by atoms with van der Waals surface area (Å²) in [5.41, 5.74) is 1.25. The van der Waals surface area contributed by atoms with Crippen molar-refractivity contribution in [3.05, 3.63) is 72.6 Å². The van der Waals surface area contributed by atoms with Gasteiger partial charge in [-0.15, -0.1) is 0 Å². The van der Waals surface area contributed by atoms with Gasteiger partial charge in [0.1, 0.15) is 5.75 Å². The van der Waals surface area contributed by atoms with E-state index in [2.05, 4.69) is 4.98 Å². The number of hydrogen-bond acceptors (Lipinski definition) is 6. The minimum atomic E-state index is -3.88. The molecule has 0 amide bonds. The van der Waals surface area contributed by atoms with E-state index in [1.807, 2.05) is 6.07 Å². The van der Waals surface area contributed by atoms with Gasteiger partial charge in [-0.25, -0.2) is 8.42 Å². The van der Waals surface area contributed by atoms with Gasteiger partial charge in [-0.05, 0) is 35.9 Å². The summed E-state index contributed by atoms with van der Waals surface area (Å²) in [5.74, 6) is 1.50. The molecule has 144 valence electrons. The zero-order valence-electron chi connectivity index (χ0n) is 15.1. The van der Waals surface area contributed by atoms with Crippen LogP contribution in [0, 0.1) is 0 Å². The summed E-state index contributed by atoms with van der Waals surface area (Å²) in [6.45, 7) is 0.200. The third kappa shape index (κ3) is 3.46. The van der Waals surface area contributed by atoms with E-state index in [1.165, 1.54) is 23.5 Å². The molecule has 2 heterocycles. The molecular formula is C20H18N2O5S. The zero-order chi connectivity index (χ0) is 19.6. The first-order chi connectivity index (χ1) is 13.6. The fourth-order valence-electron chi connectivity index (χ4n) is 2.90. The molecule has 8 heteroatoms. The molecule has 0 saturated carbocycles. The van der Waals surface area contributed by atoms with E-state index in [0.717, 1.165) is 5.56 Å². The van der Waals surface area contributed by atoms with Gasteiger partial charge in [0.05, 0.1) is 24.2 Å². The highest BCUT2D eigenvalue weighted by Gasteiger charge is 2.28. The van der Waals surface area contributed by atoms with Gasteiger partial charge in [0.25, 0.3) is 10.0 Å². The largest absolute Gasteiger partial charge is 0.497 e.